The molecule has 0 spiro atoms. The van der Waals surface area contributed by atoms with Gasteiger partial charge in [0.25, 0.3) is 11.8 Å². The molecule has 0 aliphatic carbocycles. The van der Waals surface area contributed by atoms with Gasteiger partial charge in [0.2, 0.25) is 0 Å². The fraction of sp³-hybridized carbons (Fsp3) is 0.125. The fourth-order valence-electron chi connectivity index (χ4n) is 2.21. The highest BCUT2D eigenvalue weighted by molar-refractivity contribution is 6.23. The first kappa shape index (κ1) is 13.9. The van der Waals surface area contributed by atoms with Gasteiger partial charge in [0.15, 0.2) is 0 Å². The minimum absolute atomic E-state index is 0.279. The maximum atomic E-state index is 11.8. The number of rotatable bonds is 3. The zero-order chi connectivity index (χ0) is 15.7. The summed E-state index contributed by atoms with van der Waals surface area (Å²) < 4.78 is 0. The number of nitrogens with one attached hydrogen (secondary N) is 1. The standard InChI is InChI=1S/C16H14N4O2/c1-20(2)11-8-6-10(7-9-11)18-19-13-5-3-4-12-14(13)16(22)17-15(12)21/h3-9H,1-2H3,(H,17,21,22). The molecule has 0 saturated heterocycles. The first-order chi connectivity index (χ1) is 10.6. The Labute approximate surface area is 127 Å². The van der Waals surface area contributed by atoms with Crippen LogP contribution in [0.15, 0.2) is 52.7 Å². The third-order valence-electron chi connectivity index (χ3n) is 3.38. The number of fused-ring (bicyclic) bond motifs is 1. The Bertz CT molecular complexity index is 779. The highest BCUT2D eigenvalue weighted by Crippen LogP contribution is 2.28. The van der Waals surface area contributed by atoms with Crippen LogP contribution in [0.2, 0.25) is 0 Å². The summed E-state index contributed by atoms with van der Waals surface area (Å²) in [6, 6.07) is 12.5. The van der Waals surface area contributed by atoms with E-state index in [0.29, 0.717) is 16.9 Å². The molecule has 0 fully saturated rings. The van der Waals surface area contributed by atoms with Gasteiger partial charge in [0.05, 0.1) is 22.5 Å². The van der Waals surface area contributed by atoms with Crippen LogP contribution in [0.4, 0.5) is 17.1 Å². The number of benzene rings is 2. The monoisotopic (exact) mass is 294 g/mol. The lowest BCUT2D eigenvalue weighted by atomic mass is 10.1. The first-order valence-electron chi connectivity index (χ1n) is 6.74. The first-order valence-corrected chi connectivity index (χ1v) is 6.74. The Morgan fingerprint density at radius 3 is 2.32 bits per heavy atom. The molecule has 2 aromatic rings. The van der Waals surface area contributed by atoms with Gasteiger partial charge in [0.1, 0.15) is 0 Å². The zero-order valence-electron chi connectivity index (χ0n) is 12.2. The number of imide groups is 1. The summed E-state index contributed by atoms with van der Waals surface area (Å²) in [5, 5.41) is 10.5. The van der Waals surface area contributed by atoms with Crippen LogP contribution >= 0.6 is 0 Å². The molecule has 0 radical (unpaired) electrons. The number of carbonyl (C=O) groups is 2. The molecule has 2 amide bonds. The maximum Gasteiger partial charge on any atom is 0.261 e. The highest BCUT2D eigenvalue weighted by Gasteiger charge is 2.29. The van der Waals surface area contributed by atoms with E-state index < -0.39 is 11.8 Å². The van der Waals surface area contributed by atoms with Gasteiger partial charge in [-0.1, -0.05) is 6.07 Å². The van der Waals surface area contributed by atoms with Crippen molar-refractivity contribution in [1.29, 1.82) is 0 Å². The maximum absolute atomic E-state index is 11.8. The van der Waals surface area contributed by atoms with E-state index in [1.54, 1.807) is 18.2 Å². The van der Waals surface area contributed by atoms with Gasteiger partial charge in [-0.2, -0.15) is 5.11 Å². The minimum Gasteiger partial charge on any atom is -0.378 e. The van der Waals surface area contributed by atoms with Crippen LogP contribution in [0.3, 0.4) is 0 Å². The van der Waals surface area contributed by atoms with Gasteiger partial charge < -0.3 is 4.90 Å². The molecule has 1 aliphatic rings. The molecule has 1 heterocycles. The number of carbonyl (C=O) groups excluding carboxylic acids is 2. The molecule has 6 nitrogen and oxygen atoms in total. The average Bonchev–Trinajstić information content (AvgIpc) is 2.81. The summed E-state index contributed by atoms with van der Waals surface area (Å²) in [4.78, 5) is 25.4. The summed E-state index contributed by atoms with van der Waals surface area (Å²) in [5.74, 6) is -0.829. The number of amides is 2. The molecule has 0 unspecified atom stereocenters. The zero-order valence-corrected chi connectivity index (χ0v) is 12.2. The van der Waals surface area contributed by atoms with E-state index in [2.05, 4.69) is 15.5 Å². The van der Waals surface area contributed by atoms with Crippen molar-refractivity contribution in [1.82, 2.24) is 5.32 Å². The Morgan fingerprint density at radius 1 is 0.909 bits per heavy atom. The lowest BCUT2D eigenvalue weighted by Gasteiger charge is -2.11. The molecule has 0 atom stereocenters. The molecule has 1 N–H and O–H groups in total. The van der Waals surface area contributed by atoms with Crippen LogP contribution in [0, 0.1) is 0 Å². The second-order valence-corrected chi connectivity index (χ2v) is 5.09. The van der Waals surface area contributed by atoms with Crippen molar-refractivity contribution in [2.75, 3.05) is 19.0 Å². The smallest absolute Gasteiger partial charge is 0.261 e. The largest absolute Gasteiger partial charge is 0.378 e. The van der Waals surface area contributed by atoms with E-state index in [1.165, 1.54) is 0 Å². The number of hydrogen-bond donors (Lipinski definition) is 1. The molecule has 1 aliphatic heterocycles. The predicted molar refractivity (Wildman–Crippen MR) is 83.2 cm³/mol. The number of hydrogen-bond acceptors (Lipinski definition) is 5. The molecule has 0 aromatic heterocycles. The van der Waals surface area contributed by atoms with Crippen molar-refractivity contribution < 1.29 is 9.59 Å². The Hall–Kier alpha value is -3.02. The molecule has 0 bridgehead atoms. The third-order valence-corrected chi connectivity index (χ3v) is 3.38. The van der Waals surface area contributed by atoms with Crippen molar-refractivity contribution in [3.63, 3.8) is 0 Å². The van der Waals surface area contributed by atoms with E-state index >= 15 is 0 Å². The molecular formula is C16H14N4O2. The van der Waals surface area contributed by atoms with Crippen molar-refractivity contribution in [2.45, 2.75) is 0 Å². The van der Waals surface area contributed by atoms with Gasteiger partial charge >= 0.3 is 0 Å². The van der Waals surface area contributed by atoms with Crippen LogP contribution in [0.25, 0.3) is 0 Å². The van der Waals surface area contributed by atoms with Crippen LogP contribution in [0.1, 0.15) is 20.7 Å². The fourth-order valence-corrected chi connectivity index (χ4v) is 2.21. The van der Waals surface area contributed by atoms with E-state index in [0.717, 1.165) is 5.69 Å². The average molecular weight is 294 g/mol. The number of azo groups is 1. The summed E-state index contributed by atoms with van der Waals surface area (Å²) in [6.45, 7) is 0. The highest BCUT2D eigenvalue weighted by atomic mass is 16.2. The quantitative estimate of drug-likeness (QED) is 0.698. The molecule has 2 aromatic carbocycles. The van der Waals surface area contributed by atoms with Gasteiger partial charge in [-0.05, 0) is 36.4 Å². The lowest BCUT2D eigenvalue weighted by Crippen LogP contribution is -2.19. The molecular weight excluding hydrogens is 280 g/mol. The molecule has 0 saturated carbocycles. The van der Waals surface area contributed by atoms with Gasteiger partial charge in [-0.25, -0.2) is 0 Å². The second-order valence-electron chi connectivity index (χ2n) is 5.09. The molecule has 6 heteroatoms. The summed E-state index contributed by atoms with van der Waals surface area (Å²) in [6.07, 6.45) is 0. The van der Waals surface area contributed by atoms with Crippen molar-refractivity contribution >= 4 is 28.9 Å². The minimum atomic E-state index is -0.433. The Kier molecular flexibility index (Phi) is 3.42. The van der Waals surface area contributed by atoms with Crippen LogP contribution < -0.4 is 10.2 Å². The van der Waals surface area contributed by atoms with Crippen molar-refractivity contribution in [2.24, 2.45) is 10.2 Å². The third kappa shape index (κ3) is 2.46. The Morgan fingerprint density at radius 2 is 1.64 bits per heavy atom. The van der Waals surface area contributed by atoms with Gasteiger partial charge in [-0.3, -0.25) is 14.9 Å². The predicted octanol–water partition coefficient (Wildman–Crippen LogP) is 3.05. The molecule has 110 valence electrons. The SMILES string of the molecule is CN(C)c1ccc(N=Nc2cccc3c2C(=O)NC3=O)cc1. The number of nitrogens with zero attached hydrogens (tertiary/aromatic N) is 3. The number of anilines is 1. The van der Waals surface area contributed by atoms with E-state index in [1.807, 2.05) is 43.3 Å². The summed E-state index contributed by atoms with van der Waals surface area (Å²) >= 11 is 0. The Balaban J connectivity index is 1.91. The molecule has 3 rings (SSSR count). The van der Waals surface area contributed by atoms with Gasteiger partial charge in [-0.15, -0.1) is 5.11 Å². The van der Waals surface area contributed by atoms with E-state index in [4.69, 9.17) is 0 Å². The van der Waals surface area contributed by atoms with Gasteiger partial charge in [0, 0.05) is 19.8 Å². The summed E-state index contributed by atoms with van der Waals surface area (Å²) in [7, 11) is 3.92. The van der Waals surface area contributed by atoms with Crippen molar-refractivity contribution in [3.8, 4) is 0 Å². The van der Waals surface area contributed by atoms with Crippen molar-refractivity contribution in [3.05, 3.63) is 53.6 Å². The van der Waals surface area contributed by atoms with Crippen LogP contribution in [-0.4, -0.2) is 25.9 Å². The van der Waals surface area contributed by atoms with Crippen LogP contribution in [0.5, 0.6) is 0 Å². The summed E-state index contributed by atoms with van der Waals surface area (Å²) in [5.41, 5.74) is 2.74. The van der Waals surface area contributed by atoms with E-state index in [9.17, 15) is 9.59 Å². The van der Waals surface area contributed by atoms with Crippen LogP contribution in [-0.2, 0) is 0 Å². The van der Waals surface area contributed by atoms with E-state index in [-0.39, 0.29) is 5.56 Å². The normalized spacial score (nSPS) is 13.4. The lowest BCUT2D eigenvalue weighted by molar-refractivity contribution is 0.0880. The molecule has 22 heavy (non-hydrogen) atoms. The topological polar surface area (TPSA) is 74.1 Å². The second kappa shape index (κ2) is 5.40.